The van der Waals surface area contributed by atoms with Crippen LogP contribution in [0.2, 0.25) is 0 Å². The summed E-state index contributed by atoms with van der Waals surface area (Å²) in [5.41, 5.74) is 2.11. The van der Waals surface area contributed by atoms with Crippen molar-refractivity contribution >= 4 is 0 Å². The first kappa shape index (κ1) is 14.3. The van der Waals surface area contributed by atoms with Crippen LogP contribution in [0.25, 0.3) is 11.4 Å². The Kier molecular flexibility index (Phi) is 4.19. The standard InChI is InChI=1S/C18H18N2O2/c1-3-16(21-15-10-5-4-6-11-15)18-19-17(20-22-18)14-9-7-8-13(2)12-14/h4-12,16H,3H2,1-2H3/t16-/m0/s1. The molecular formula is C18H18N2O2. The number of nitrogens with zero attached hydrogens (tertiary/aromatic N) is 2. The van der Waals surface area contributed by atoms with Gasteiger partial charge in [-0.15, -0.1) is 0 Å². The number of hydrogen-bond acceptors (Lipinski definition) is 4. The highest BCUT2D eigenvalue weighted by molar-refractivity contribution is 5.55. The summed E-state index contributed by atoms with van der Waals surface area (Å²) in [7, 11) is 0. The van der Waals surface area contributed by atoms with E-state index in [4.69, 9.17) is 9.26 Å². The smallest absolute Gasteiger partial charge is 0.268 e. The molecule has 0 fully saturated rings. The summed E-state index contributed by atoms with van der Waals surface area (Å²) in [6.45, 7) is 4.07. The molecule has 0 amide bonds. The summed E-state index contributed by atoms with van der Waals surface area (Å²) in [6, 6.07) is 17.7. The molecule has 112 valence electrons. The molecule has 0 radical (unpaired) electrons. The van der Waals surface area contributed by atoms with Gasteiger partial charge >= 0.3 is 0 Å². The third-order valence-electron chi connectivity index (χ3n) is 3.39. The third-order valence-corrected chi connectivity index (χ3v) is 3.39. The van der Waals surface area contributed by atoms with Crippen LogP contribution in [0.15, 0.2) is 59.1 Å². The lowest BCUT2D eigenvalue weighted by Gasteiger charge is -2.13. The molecule has 0 bridgehead atoms. The number of hydrogen-bond donors (Lipinski definition) is 0. The molecule has 1 aromatic heterocycles. The van der Waals surface area contributed by atoms with Gasteiger partial charge in [0, 0.05) is 5.56 Å². The quantitative estimate of drug-likeness (QED) is 0.691. The third kappa shape index (κ3) is 3.17. The summed E-state index contributed by atoms with van der Waals surface area (Å²) in [5.74, 6) is 1.89. The summed E-state index contributed by atoms with van der Waals surface area (Å²) in [6.07, 6.45) is 0.512. The maximum absolute atomic E-state index is 5.93. The van der Waals surface area contributed by atoms with E-state index in [1.54, 1.807) is 0 Å². The molecule has 1 atom stereocenters. The zero-order valence-electron chi connectivity index (χ0n) is 12.7. The van der Waals surface area contributed by atoms with E-state index < -0.39 is 0 Å². The van der Waals surface area contributed by atoms with Crippen molar-refractivity contribution in [2.24, 2.45) is 0 Å². The molecule has 0 saturated heterocycles. The van der Waals surface area contributed by atoms with Crippen LogP contribution in [0.4, 0.5) is 0 Å². The second-order valence-corrected chi connectivity index (χ2v) is 5.15. The number of para-hydroxylation sites is 1. The predicted octanol–water partition coefficient (Wildman–Crippen LogP) is 4.58. The maximum atomic E-state index is 5.93. The summed E-state index contributed by atoms with van der Waals surface area (Å²) in [4.78, 5) is 4.49. The highest BCUT2D eigenvalue weighted by atomic mass is 16.5. The average Bonchev–Trinajstić information content (AvgIpc) is 3.03. The molecule has 0 aliphatic rings. The average molecular weight is 294 g/mol. The lowest BCUT2D eigenvalue weighted by Crippen LogP contribution is -2.06. The molecule has 0 N–H and O–H groups in total. The van der Waals surface area contributed by atoms with Crippen LogP contribution in [0.1, 0.15) is 30.9 Å². The first-order valence-electron chi connectivity index (χ1n) is 7.38. The van der Waals surface area contributed by atoms with Crippen molar-refractivity contribution in [2.45, 2.75) is 26.4 Å². The highest BCUT2D eigenvalue weighted by Crippen LogP contribution is 2.25. The fourth-order valence-electron chi connectivity index (χ4n) is 2.24. The van der Waals surface area contributed by atoms with Crippen molar-refractivity contribution in [3.05, 3.63) is 66.1 Å². The van der Waals surface area contributed by atoms with Crippen molar-refractivity contribution in [1.82, 2.24) is 10.1 Å². The number of ether oxygens (including phenoxy) is 1. The topological polar surface area (TPSA) is 48.2 Å². The van der Waals surface area contributed by atoms with Gasteiger partial charge in [-0.1, -0.05) is 54.0 Å². The molecule has 4 heteroatoms. The van der Waals surface area contributed by atoms with E-state index in [1.165, 1.54) is 0 Å². The van der Waals surface area contributed by atoms with Crippen LogP contribution in [0.5, 0.6) is 5.75 Å². The van der Waals surface area contributed by atoms with Crippen LogP contribution in [-0.2, 0) is 0 Å². The fourth-order valence-corrected chi connectivity index (χ4v) is 2.24. The van der Waals surface area contributed by atoms with E-state index >= 15 is 0 Å². The SMILES string of the molecule is CC[C@H](Oc1ccccc1)c1nc(-c2cccc(C)c2)no1. The molecule has 0 aliphatic carbocycles. The van der Waals surface area contributed by atoms with E-state index in [0.29, 0.717) is 11.7 Å². The van der Waals surface area contributed by atoms with Gasteiger partial charge in [0.05, 0.1) is 0 Å². The largest absolute Gasteiger partial charge is 0.481 e. The summed E-state index contributed by atoms with van der Waals surface area (Å²) < 4.78 is 11.3. The zero-order valence-corrected chi connectivity index (χ0v) is 12.7. The first-order valence-corrected chi connectivity index (χ1v) is 7.38. The van der Waals surface area contributed by atoms with E-state index in [9.17, 15) is 0 Å². The van der Waals surface area contributed by atoms with Gasteiger partial charge in [0.15, 0.2) is 6.10 Å². The number of aromatic nitrogens is 2. The first-order chi connectivity index (χ1) is 10.8. The van der Waals surface area contributed by atoms with Crippen LogP contribution in [0, 0.1) is 6.92 Å². The summed E-state index contributed by atoms with van der Waals surface area (Å²) in [5, 5.41) is 4.07. The van der Waals surface area contributed by atoms with E-state index in [1.807, 2.05) is 68.4 Å². The molecule has 2 aromatic carbocycles. The molecule has 0 saturated carbocycles. The Balaban J connectivity index is 1.82. The van der Waals surface area contributed by atoms with Crippen LogP contribution < -0.4 is 4.74 Å². The van der Waals surface area contributed by atoms with Crippen LogP contribution in [-0.4, -0.2) is 10.1 Å². The molecule has 4 nitrogen and oxygen atoms in total. The lowest BCUT2D eigenvalue weighted by atomic mass is 10.1. The fraction of sp³-hybridized carbons (Fsp3) is 0.222. The Morgan fingerprint density at radius 1 is 1.09 bits per heavy atom. The zero-order chi connectivity index (χ0) is 15.4. The molecule has 3 rings (SSSR count). The van der Waals surface area contributed by atoms with Gasteiger partial charge in [-0.3, -0.25) is 0 Å². The van der Waals surface area contributed by atoms with E-state index in [2.05, 4.69) is 10.1 Å². The Bertz CT molecular complexity index is 738. The molecule has 22 heavy (non-hydrogen) atoms. The van der Waals surface area contributed by atoms with Crippen molar-refractivity contribution < 1.29 is 9.26 Å². The van der Waals surface area contributed by atoms with E-state index in [0.717, 1.165) is 23.3 Å². The van der Waals surface area contributed by atoms with Crippen molar-refractivity contribution in [2.75, 3.05) is 0 Å². The molecule has 3 aromatic rings. The normalized spacial score (nSPS) is 12.1. The Labute approximate surface area is 129 Å². The minimum Gasteiger partial charge on any atom is -0.481 e. The Morgan fingerprint density at radius 2 is 1.91 bits per heavy atom. The van der Waals surface area contributed by atoms with E-state index in [-0.39, 0.29) is 6.10 Å². The van der Waals surface area contributed by atoms with Gasteiger partial charge < -0.3 is 9.26 Å². The molecular weight excluding hydrogens is 276 g/mol. The minimum atomic E-state index is -0.242. The number of rotatable bonds is 5. The van der Waals surface area contributed by atoms with Crippen molar-refractivity contribution in [3.8, 4) is 17.1 Å². The van der Waals surface area contributed by atoms with Crippen LogP contribution in [0.3, 0.4) is 0 Å². The van der Waals surface area contributed by atoms with Gasteiger partial charge in [-0.05, 0) is 31.5 Å². The van der Waals surface area contributed by atoms with Gasteiger partial charge in [0.2, 0.25) is 5.82 Å². The highest BCUT2D eigenvalue weighted by Gasteiger charge is 2.19. The number of benzene rings is 2. The van der Waals surface area contributed by atoms with Crippen molar-refractivity contribution in [1.29, 1.82) is 0 Å². The second kappa shape index (κ2) is 6.43. The van der Waals surface area contributed by atoms with Gasteiger partial charge in [0.25, 0.3) is 5.89 Å². The minimum absolute atomic E-state index is 0.242. The molecule has 0 aliphatic heterocycles. The summed E-state index contributed by atoms with van der Waals surface area (Å²) >= 11 is 0. The Hall–Kier alpha value is -2.62. The second-order valence-electron chi connectivity index (χ2n) is 5.15. The maximum Gasteiger partial charge on any atom is 0.268 e. The number of aryl methyl sites for hydroxylation is 1. The molecule has 1 heterocycles. The van der Waals surface area contributed by atoms with Crippen molar-refractivity contribution in [3.63, 3.8) is 0 Å². The van der Waals surface area contributed by atoms with Gasteiger partial charge in [-0.2, -0.15) is 4.98 Å². The van der Waals surface area contributed by atoms with Crippen LogP contribution >= 0.6 is 0 Å². The predicted molar refractivity (Wildman–Crippen MR) is 84.6 cm³/mol. The molecule has 0 spiro atoms. The molecule has 0 unspecified atom stereocenters. The Morgan fingerprint density at radius 3 is 2.64 bits per heavy atom. The monoisotopic (exact) mass is 294 g/mol. The van der Waals surface area contributed by atoms with Gasteiger partial charge in [0.1, 0.15) is 5.75 Å². The lowest BCUT2D eigenvalue weighted by molar-refractivity contribution is 0.154. The van der Waals surface area contributed by atoms with Gasteiger partial charge in [-0.25, -0.2) is 0 Å².